The molecule has 0 aromatic rings. The summed E-state index contributed by atoms with van der Waals surface area (Å²) in [6.07, 6.45) is 6.75. The van der Waals surface area contributed by atoms with Gasteiger partial charge in [-0.3, -0.25) is 9.59 Å². The van der Waals surface area contributed by atoms with Crippen LogP contribution < -0.4 is 0 Å². The lowest BCUT2D eigenvalue weighted by Crippen LogP contribution is -2.68. The summed E-state index contributed by atoms with van der Waals surface area (Å²) < 4.78 is 5.18. The van der Waals surface area contributed by atoms with Crippen LogP contribution >= 0.6 is 0 Å². The molecule has 0 bridgehead atoms. The van der Waals surface area contributed by atoms with Gasteiger partial charge in [0.25, 0.3) is 0 Å². The SMILES string of the molecule is COC(=O)[C@@]1(C)CC[C@]2(C(=O)O)CC[C@]3(C)C(=CC[C@@H]4[C@@]5(C)C[C@H](O)[C@H](O)[C@@](C)(C=O)[C@@H]5CC[C@]43C)[C@@H]2C1. The van der Waals surface area contributed by atoms with Crippen molar-refractivity contribution in [3.8, 4) is 0 Å². The van der Waals surface area contributed by atoms with Crippen LogP contribution in [-0.4, -0.2) is 52.9 Å². The Morgan fingerprint density at radius 2 is 1.63 bits per heavy atom. The second-order valence-electron chi connectivity index (χ2n) is 14.8. The van der Waals surface area contributed by atoms with Crippen LogP contribution in [0.15, 0.2) is 11.6 Å². The molecule has 4 fully saturated rings. The second kappa shape index (κ2) is 8.39. The van der Waals surface area contributed by atoms with E-state index in [1.54, 1.807) is 0 Å². The molecule has 0 aromatic heterocycles. The third-order valence-electron chi connectivity index (χ3n) is 13.4. The molecule has 7 nitrogen and oxygen atoms in total. The van der Waals surface area contributed by atoms with E-state index in [1.165, 1.54) is 12.7 Å². The van der Waals surface area contributed by atoms with E-state index in [4.69, 9.17) is 4.74 Å². The Morgan fingerprint density at radius 3 is 2.24 bits per heavy atom. The van der Waals surface area contributed by atoms with Gasteiger partial charge in [-0.25, -0.2) is 0 Å². The number of allylic oxidation sites excluding steroid dienone is 2. The summed E-state index contributed by atoms with van der Waals surface area (Å²) in [4.78, 5) is 38.1. The number of aliphatic hydroxyl groups excluding tert-OH is 2. The molecule has 212 valence electrons. The van der Waals surface area contributed by atoms with Gasteiger partial charge < -0.3 is 24.9 Å². The molecule has 0 saturated heterocycles. The van der Waals surface area contributed by atoms with Crippen molar-refractivity contribution in [2.45, 2.75) is 105 Å². The molecule has 4 saturated carbocycles. The smallest absolute Gasteiger partial charge is 0.311 e. The molecule has 0 heterocycles. The lowest BCUT2D eigenvalue weighted by Gasteiger charge is -2.71. The third kappa shape index (κ3) is 3.18. The Hall–Kier alpha value is -1.73. The average molecular weight is 531 g/mol. The van der Waals surface area contributed by atoms with Gasteiger partial charge in [0, 0.05) is 0 Å². The van der Waals surface area contributed by atoms with Crippen molar-refractivity contribution in [3.63, 3.8) is 0 Å². The summed E-state index contributed by atoms with van der Waals surface area (Å²) in [5.41, 5.74) is -2.18. The van der Waals surface area contributed by atoms with Gasteiger partial charge in [-0.15, -0.1) is 0 Å². The van der Waals surface area contributed by atoms with Crippen LogP contribution in [0, 0.1) is 50.2 Å². The van der Waals surface area contributed by atoms with E-state index in [9.17, 15) is 29.7 Å². The molecule has 38 heavy (non-hydrogen) atoms. The van der Waals surface area contributed by atoms with Gasteiger partial charge in [0.15, 0.2) is 0 Å². The number of methoxy groups -OCH3 is 1. The molecule has 5 aliphatic carbocycles. The molecular weight excluding hydrogens is 484 g/mol. The normalized spacial score (nSPS) is 53.8. The Balaban J connectivity index is 1.61. The number of aldehydes is 1. The van der Waals surface area contributed by atoms with Crippen molar-refractivity contribution < 1.29 is 34.4 Å². The fourth-order valence-electron chi connectivity index (χ4n) is 10.9. The number of rotatable bonds is 3. The minimum Gasteiger partial charge on any atom is -0.481 e. The van der Waals surface area contributed by atoms with Gasteiger partial charge in [0.05, 0.1) is 35.6 Å². The van der Waals surface area contributed by atoms with E-state index in [-0.39, 0.29) is 40.0 Å². The first-order valence-electron chi connectivity index (χ1n) is 14.4. The molecule has 0 aliphatic heterocycles. The van der Waals surface area contributed by atoms with E-state index in [2.05, 4.69) is 26.8 Å². The van der Waals surface area contributed by atoms with Gasteiger partial charge in [-0.2, -0.15) is 0 Å². The third-order valence-corrected chi connectivity index (χ3v) is 13.4. The first-order valence-corrected chi connectivity index (χ1v) is 14.4. The maximum atomic E-state index is 12.9. The minimum absolute atomic E-state index is 0.0403. The number of hydrogen-bond donors (Lipinski definition) is 3. The molecule has 3 N–H and O–H groups in total. The first-order chi connectivity index (χ1) is 17.6. The highest BCUT2D eigenvalue weighted by Gasteiger charge is 2.71. The lowest BCUT2D eigenvalue weighted by molar-refractivity contribution is -0.228. The molecule has 0 amide bonds. The minimum atomic E-state index is -1.07. The summed E-state index contributed by atoms with van der Waals surface area (Å²) in [5.74, 6) is -1.12. The zero-order valence-electron chi connectivity index (χ0n) is 23.9. The highest BCUT2D eigenvalue weighted by Crippen LogP contribution is 2.75. The molecule has 0 unspecified atom stereocenters. The fraction of sp³-hybridized carbons (Fsp3) is 0.839. The van der Waals surface area contributed by atoms with Gasteiger partial charge in [-0.1, -0.05) is 39.3 Å². The number of esters is 1. The summed E-state index contributed by atoms with van der Waals surface area (Å²) >= 11 is 0. The molecule has 5 aliphatic rings. The number of aliphatic hydroxyl groups is 2. The number of carbonyl (C=O) groups is 3. The summed E-state index contributed by atoms with van der Waals surface area (Å²) in [5, 5.41) is 32.4. The fourth-order valence-corrected chi connectivity index (χ4v) is 10.9. The number of hydrogen-bond acceptors (Lipinski definition) is 6. The van der Waals surface area contributed by atoms with E-state index >= 15 is 0 Å². The molecule has 0 aromatic carbocycles. The van der Waals surface area contributed by atoms with Crippen molar-refractivity contribution in [2.24, 2.45) is 50.2 Å². The molecule has 5 rings (SSSR count). The Morgan fingerprint density at radius 1 is 0.974 bits per heavy atom. The van der Waals surface area contributed by atoms with Crippen molar-refractivity contribution in [1.29, 1.82) is 0 Å². The number of ether oxygens (including phenoxy) is 1. The second-order valence-corrected chi connectivity index (χ2v) is 14.8. The van der Waals surface area contributed by atoms with Gasteiger partial charge >= 0.3 is 11.9 Å². The molecule has 7 heteroatoms. The summed E-state index contributed by atoms with van der Waals surface area (Å²) in [7, 11) is 1.41. The van der Waals surface area contributed by atoms with Crippen LogP contribution in [0.5, 0.6) is 0 Å². The number of aliphatic carboxylic acids is 1. The Bertz CT molecular complexity index is 1080. The summed E-state index contributed by atoms with van der Waals surface area (Å²) in [6, 6.07) is 0. The Labute approximate surface area is 226 Å². The summed E-state index contributed by atoms with van der Waals surface area (Å²) in [6.45, 7) is 10.6. The maximum Gasteiger partial charge on any atom is 0.311 e. The van der Waals surface area contributed by atoms with Crippen molar-refractivity contribution in [1.82, 2.24) is 0 Å². The zero-order valence-corrected chi connectivity index (χ0v) is 23.9. The van der Waals surface area contributed by atoms with Crippen molar-refractivity contribution in [3.05, 3.63) is 11.6 Å². The number of fused-ring (bicyclic) bond motifs is 7. The predicted molar refractivity (Wildman–Crippen MR) is 141 cm³/mol. The highest BCUT2D eigenvalue weighted by molar-refractivity contribution is 5.80. The van der Waals surface area contributed by atoms with Crippen LogP contribution in [0.4, 0.5) is 0 Å². The first kappa shape index (κ1) is 27.8. The van der Waals surface area contributed by atoms with Gasteiger partial charge in [-0.05, 0) is 98.7 Å². The number of carbonyl (C=O) groups excluding carboxylic acids is 2. The maximum absolute atomic E-state index is 12.9. The molecule has 11 atom stereocenters. The highest BCUT2D eigenvalue weighted by atomic mass is 16.5. The van der Waals surface area contributed by atoms with Gasteiger partial charge in [0.2, 0.25) is 0 Å². The van der Waals surface area contributed by atoms with Crippen molar-refractivity contribution >= 4 is 18.2 Å². The Kier molecular flexibility index (Phi) is 6.14. The quantitative estimate of drug-likeness (QED) is 0.278. The van der Waals surface area contributed by atoms with Crippen LogP contribution in [0.2, 0.25) is 0 Å². The van der Waals surface area contributed by atoms with Crippen LogP contribution in [0.25, 0.3) is 0 Å². The molecule has 0 radical (unpaired) electrons. The monoisotopic (exact) mass is 530 g/mol. The molecule has 0 spiro atoms. The average Bonchev–Trinajstić information content (AvgIpc) is 2.87. The van der Waals surface area contributed by atoms with Crippen LogP contribution in [0.3, 0.4) is 0 Å². The van der Waals surface area contributed by atoms with Crippen molar-refractivity contribution in [2.75, 3.05) is 7.11 Å². The van der Waals surface area contributed by atoms with E-state index < -0.39 is 34.4 Å². The van der Waals surface area contributed by atoms with E-state index in [0.717, 1.165) is 32.0 Å². The van der Waals surface area contributed by atoms with E-state index in [0.29, 0.717) is 32.1 Å². The van der Waals surface area contributed by atoms with E-state index in [1.807, 2.05) is 13.8 Å². The standard InChI is InChI=1S/C31H46O7/c1-26(25(37)38-6)11-13-31(24(35)36)14-12-29(4)18(19(31)15-26)7-8-22-27(2)16-20(33)23(34)28(3,17-32)21(27)9-10-30(22,29)5/h7,17,19-23,33-34H,8-16H2,1-6H3,(H,35,36)/t19-,20-,21+,22+,23-,26-,27-,28-,29+,30+,31-/m0/s1. The topological polar surface area (TPSA) is 121 Å². The molecular formula is C31H46O7. The number of carboxylic acids is 1. The van der Waals surface area contributed by atoms with Gasteiger partial charge in [0.1, 0.15) is 6.29 Å². The number of carboxylic acid groups (broad SMARTS) is 1. The van der Waals surface area contributed by atoms with Crippen LogP contribution in [-0.2, 0) is 19.1 Å². The predicted octanol–water partition coefficient (Wildman–Crippen LogP) is 4.54. The largest absolute Gasteiger partial charge is 0.481 e. The zero-order chi connectivity index (χ0) is 28.1. The van der Waals surface area contributed by atoms with Crippen LogP contribution in [0.1, 0.15) is 92.4 Å². The lowest BCUT2D eigenvalue weighted by atomic mass is 9.33.